The molecule has 1 aromatic carbocycles. The Hall–Kier alpha value is -0.390. The first-order valence-corrected chi connectivity index (χ1v) is 8.29. The van der Waals surface area contributed by atoms with Crippen molar-refractivity contribution >= 4 is 25.8 Å². The summed E-state index contributed by atoms with van der Waals surface area (Å²) in [5, 5.41) is -0.442. The Labute approximate surface area is 110 Å². The second-order valence-electron chi connectivity index (χ2n) is 4.46. The summed E-state index contributed by atoms with van der Waals surface area (Å²) in [6.45, 7) is 3.00. The van der Waals surface area contributed by atoms with Crippen molar-refractivity contribution in [3.63, 3.8) is 0 Å². The van der Waals surface area contributed by atoms with Crippen molar-refractivity contribution < 1.29 is 13.2 Å². The lowest BCUT2D eigenvalue weighted by molar-refractivity contribution is 0.134. The zero-order valence-electron chi connectivity index (χ0n) is 9.81. The van der Waals surface area contributed by atoms with Crippen LogP contribution in [0.4, 0.5) is 0 Å². The van der Waals surface area contributed by atoms with Crippen LogP contribution in [-0.4, -0.2) is 19.9 Å². The van der Waals surface area contributed by atoms with Crippen LogP contribution in [0.15, 0.2) is 18.2 Å². The highest BCUT2D eigenvalue weighted by Gasteiger charge is 2.26. The fraction of sp³-hybridized carbons (Fsp3) is 0.500. The lowest BCUT2D eigenvalue weighted by Crippen LogP contribution is -2.21. The van der Waals surface area contributed by atoms with Gasteiger partial charge in [-0.05, 0) is 23.6 Å². The number of ether oxygens (including phenoxy) is 1. The second-order valence-corrected chi connectivity index (χ2v) is 7.85. The fourth-order valence-electron chi connectivity index (χ4n) is 1.85. The molecule has 0 radical (unpaired) electrons. The molecule has 1 heterocycles. The highest BCUT2D eigenvalue weighted by Crippen LogP contribution is 2.33. The molecule has 3 nitrogen and oxygen atoms in total. The Morgan fingerprint density at radius 2 is 1.94 bits per heavy atom. The number of hydrogen-bond acceptors (Lipinski definition) is 3. The van der Waals surface area contributed by atoms with Crippen LogP contribution < -0.4 is 0 Å². The molecule has 0 spiro atoms. The van der Waals surface area contributed by atoms with Crippen LogP contribution in [0.1, 0.15) is 28.4 Å². The van der Waals surface area contributed by atoms with Crippen LogP contribution in [0.25, 0.3) is 0 Å². The maximum Gasteiger partial charge on any atom is 0.151 e. The SMILES string of the molecule is CC(C(Br)c1ccc2c(c1)COC2)S(C)(=O)=O. The van der Waals surface area contributed by atoms with Gasteiger partial charge < -0.3 is 4.74 Å². The van der Waals surface area contributed by atoms with Crippen molar-refractivity contribution in [1.29, 1.82) is 0 Å². The Kier molecular flexibility index (Phi) is 3.61. The van der Waals surface area contributed by atoms with Gasteiger partial charge in [-0.15, -0.1) is 0 Å². The van der Waals surface area contributed by atoms with Gasteiger partial charge in [-0.1, -0.05) is 34.1 Å². The van der Waals surface area contributed by atoms with Crippen molar-refractivity contribution in [2.75, 3.05) is 6.26 Å². The van der Waals surface area contributed by atoms with Crippen molar-refractivity contribution in [3.8, 4) is 0 Å². The van der Waals surface area contributed by atoms with Crippen molar-refractivity contribution in [2.24, 2.45) is 0 Å². The summed E-state index contributed by atoms with van der Waals surface area (Å²) >= 11 is 3.48. The van der Waals surface area contributed by atoms with E-state index in [2.05, 4.69) is 15.9 Å². The van der Waals surface area contributed by atoms with Gasteiger partial charge in [-0.3, -0.25) is 0 Å². The van der Waals surface area contributed by atoms with Gasteiger partial charge >= 0.3 is 0 Å². The zero-order valence-corrected chi connectivity index (χ0v) is 12.2. The van der Waals surface area contributed by atoms with Gasteiger partial charge in [0, 0.05) is 6.26 Å². The molecule has 0 bridgehead atoms. The molecule has 0 aromatic heterocycles. The third-order valence-electron chi connectivity index (χ3n) is 3.15. The van der Waals surface area contributed by atoms with Gasteiger partial charge in [0.2, 0.25) is 0 Å². The second kappa shape index (κ2) is 4.71. The lowest BCUT2D eigenvalue weighted by atomic mass is 10.0. The molecule has 1 aliphatic rings. The van der Waals surface area contributed by atoms with E-state index in [1.54, 1.807) is 6.92 Å². The molecule has 0 aliphatic carbocycles. The number of benzene rings is 1. The van der Waals surface area contributed by atoms with E-state index in [1.807, 2.05) is 18.2 Å². The van der Waals surface area contributed by atoms with Crippen LogP contribution in [-0.2, 0) is 27.8 Å². The normalized spacial score (nSPS) is 18.8. The van der Waals surface area contributed by atoms with Crippen molar-refractivity contribution in [3.05, 3.63) is 34.9 Å². The van der Waals surface area contributed by atoms with Crippen LogP contribution >= 0.6 is 15.9 Å². The first-order chi connectivity index (χ1) is 7.89. The molecular weight excluding hydrogens is 304 g/mol. The molecule has 0 fully saturated rings. The zero-order chi connectivity index (χ0) is 12.6. The molecule has 5 heteroatoms. The number of hydrogen-bond donors (Lipinski definition) is 0. The minimum atomic E-state index is -3.04. The van der Waals surface area contributed by atoms with Gasteiger partial charge in [-0.25, -0.2) is 8.42 Å². The number of fused-ring (bicyclic) bond motifs is 1. The molecule has 2 unspecified atom stereocenters. The smallest absolute Gasteiger partial charge is 0.151 e. The van der Waals surface area contributed by atoms with Crippen LogP contribution in [0, 0.1) is 0 Å². The summed E-state index contributed by atoms with van der Waals surface area (Å²) in [5.41, 5.74) is 3.35. The fourth-order valence-corrected chi connectivity index (χ4v) is 3.90. The van der Waals surface area contributed by atoms with Gasteiger partial charge in [0.1, 0.15) is 0 Å². The summed E-state index contributed by atoms with van der Waals surface area (Å²) in [4.78, 5) is -0.177. The number of sulfone groups is 1. The minimum Gasteiger partial charge on any atom is -0.372 e. The maximum absolute atomic E-state index is 11.5. The monoisotopic (exact) mass is 318 g/mol. The van der Waals surface area contributed by atoms with E-state index in [0.717, 1.165) is 11.1 Å². The minimum absolute atomic E-state index is 0.177. The summed E-state index contributed by atoms with van der Waals surface area (Å²) in [5.74, 6) is 0. The first kappa shape index (κ1) is 13.1. The molecule has 17 heavy (non-hydrogen) atoms. The third kappa shape index (κ3) is 2.72. The number of rotatable bonds is 3. The molecule has 2 rings (SSSR count). The predicted octanol–water partition coefficient (Wildman–Crippen LogP) is 2.59. The predicted molar refractivity (Wildman–Crippen MR) is 70.9 cm³/mol. The Balaban J connectivity index is 2.29. The first-order valence-electron chi connectivity index (χ1n) is 5.42. The van der Waals surface area contributed by atoms with E-state index in [9.17, 15) is 8.42 Å². The van der Waals surface area contributed by atoms with Crippen molar-refractivity contribution in [2.45, 2.75) is 30.2 Å². The quantitative estimate of drug-likeness (QED) is 0.804. The van der Waals surface area contributed by atoms with Crippen LogP contribution in [0.5, 0.6) is 0 Å². The number of alkyl halides is 1. The van der Waals surface area contributed by atoms with Gasteiger partial charge in [-0.2, -0.15) is 0 Å². The van der Waals surface area contributed by atoms with E-state index < -0.39 is 15.1 Å². The third-order valence-corrected chi connectivity index (χ3v) is 6.45. The summed E-state index contributed by atoms with van der Waals surface area (Å²) in [6.07, 6.45) is 1.27. The van der Waals surface area contributed by atoms with Gasteiger partial charge in [0.05, 0.1) is 23.3 Å². The molecule has 0 amide bonds. The van der Waals surface area contributed by atoms with E-state index >= 15 is 0 Å². The molecule has 0 saturated heterocycles. The maximum atomic E-state index is 11.5. The Bertz CT molecular complexity index is 525. The Morgan fingerprint density at radius 3 is 2.59 bits per heavy atom. The molecule has 1 aliphatic heterocycles. The van der Waals surface area contributed by atoms with E-state index in [-0.39, 0.29) is 4.83 Å². The lowest BCUT2D eigenvalue weighted by Gasteiger charge is -2.17. The molecule has 0 saturated carbocycles. The topological polar surface area (TPSA) is 43.4 Å². The standard InChI is InChI=1S/C12H15BrO3S/c1-8(17(2,14)15)12(13)9-3-4-10-6-16-7-11(10)5-9/h3-5,8,12H,6-7H2,1-2H3. The summed E-state index contributed by atoms with van der Waals surface area (Å²) < 4.78 is 28.4. The average Bonchev–Trinajstić information content (AvgIpc) is 2.72. The average molecular weight is 319 g/mol. The largest absolute Gasteiger partial charge is 0.372 e. The van der Waals surface area contributed by atoms with Gasteiger partial charge in [0.15, 0.2) is 9.84 Å². The Morgan fingerprint density at radius 1 is 1.29 bits per heavy atom. The summed E-state index contributed by atoms with van der Waals surface area (Å²) in [6, 6.07) is 6.01. The molecule has 1 aromatic rings. The van der Waals surface area contributed by atoms with E-state index in [4.69, 9.17) is 4.74 Å². The summed E-state index contributed by atoms with van der Waals surface area (Å²) in [7, 11) is -3.04. The molecular formula is C12H15BrO3S. The molecule has 2 atom stereocenters. The van der Waals surface area contributed by atoms with Crippen LogP contribution in [0.2, 0.25) is 0 Å². The van der Waals surface area contributed by atoms with Crippen LogP contribution in [0.3, 0.4) is 0 Å². The van der Waals surface area contributed by atoms with E-state index in [0.29, 0.717) is 13.2 Å². The van der Waals surface area contributed by atoms with E-state index in [1.165, 1.54) is 11.8 Å². The molecule has 0 N–H and O–H groups in total. The number of halogens is 1. The van der Waals surface area contributed by atoms with Gasteiger partial charge in [0.25, 0.3) is 0 Å². The highest BCUT2D eigenvalue weighted by molar-refractivity contribution is 9.09. The van der Waals surface area contributed by atoms with Crippen molar-refractivity contribution in [1.82, 2.24) is 0 Å². The molecule has 94 valence electrons. The highest BCUT2D eigenvalue weighted by atomic mass is 79.9.